The van der Waals surface area contributed by atoms with Gasteiger partial charge < -0.3 is 9.84 Å². The molecule has 1 aromatic heterocycles. The standard InChI is InChI=1S/C20H14F3N3O3S/c1-29-13-4-2-11(15(8-13)20(21,22)23)7-14(17-18(27)25-19(28)30-17)10-3-5-16-12(6-10)9-24-26-16/h2-6,8-9,27H,7H2,1H3,(H,25,28). The predicted octanol–water partition coefficient (Wildman–Crippen LogP) is 2.58. The Bertz CT molecular complexity index is 1340. The van der Waals surface area contributed by atoms with Crippen LogP contribution in [0, 0.1) is 0 Å². The van der Waals surface area contributed by atoms with Gasteiger partial charge in [0.1, 0.15) is 5.75 Å². The molecule has 30 heavy (non-hydrogen) atoms. The molecule has 0 amide bonds. The number of rotatable bonds is 4. The number of aromatic amines is 1. The first-order chi connectivity index (χ1) is 14.3. The van der Waals surface area contributed by atoms with Gasteiger partial charge in [0.05, 0.1) is 29.1 Å². The third-order valence-corrected chi connectivity index (χ3v) is 5.56. The number of fused-ring (bicyclic) bond motifs is 1. The molecular formula is C20H14F3N3O3S. The monoisotopic (exact) mass is 433 g/mol. The predicted molar refractivity (Wildman–Crippen MR) is 106 cm³/mol. The number of methoxy groups -OCH3 is 1. The van der Waals surface area contributed by atoms with Crippen LogP contribution < -0.4 is 20.2 Å². The summed E-state index contributed by atoms with van der Waals surface area (Å²) < 4.78 is 46.0. The van der Waals surface area contributed by atoms with Crippen molar-refractivity contribution in [2.24, 2.45) is 10.2 Å². The fourth-order valence-corrected chi connectivity index (χ4v) is 4.01. The SMILES string of the molecule is COc1ccc(CC(c2sc(=O)[nH]c2O)=c2ccc3c(c2)C=NN=3)c(C(F)(F)F)c1. The lowest BCUT2D eigenvalue weighted by atomic mass is 9.96. The molecule has 0 aliphatic carbocycles. The van der Waals surface area contributed by atoms with Crippen molar-refractivity contribution in [2.45, 2.75) is 12.6 Å². The van der Waals surface area contributed by atoms with Gasteiger partial charge in [-0.2, -0.15) is 23.4 Å². The summed E-state index contributed by atoms with van der Waals surface area (Å²) in [4.78, 5) is 13.7. The van der Waals surface area contributed by atoms with Gasteiger partial charge >= 0.3 is 11.0 Å². The quantitative estimate of drug-likeness (QED) is 0.663. The van der Waals surface area contributed by atoms with Crippen molar-refractivity contribution >= 4 is 23.1 Å². The van der Waals surface area contributed by atoms with E-state index >= 15 is 0 Å². The van der Waals surface area contributed by atoms with Gasteiger partial charge in [-0.1, -0.05) is 23.5 Å². The molecule has 2 N–H and O–H groups in total. The molecule has 0 saturated heterocycles. The molecular weight excluding hydrogens is 419 g/mol. The number of H-pyrrole nitrogens is 1. The topological polar surface area (TPSA) is 87.0 Å². The molecule has 3 aromatic rings. The van der Waals surface area contributed by atoms with E-state index in [2.05, 4.69) is 15.2 Å². The van der Waals surface area contributed by atoms with Crippen molar-refractivity contribution in [3.8, 4) is 11.6 Å². The average molecular weight is 433 g/mol. The fraction of sp³-hybridized carbons (Fsp3) is 0.150. The zero-order valence-electron chi connectivity index (χ0n) is 15.4. The van der Waals surface area contributed by atoms with Gasteiger partial charge in [0.25, 0.3) is 0 Å². The maximum Gasteiger partial charge on any atom is 0.416 e. The molecule has 1 aliphatic heterocycles. The van der Waals surface area contributed by atoms with Crippen LogP contribution in [0.2, 0.25) is 0 Å². The van der Waals surface area contributed by atoms with Crippen LogP contribution in [-0.2, 0) is 12.6 Å². The minimum atomic E-state index is -4.61. The number of nitrogens with zero attached hydrogens (tertiary/aromatic N) is 2. The largest absolute Gasteiger partial charge is 0.497 e. The summed E-state index contributed by atoms with van der Waals surface area (Å²) >= 11 is 0.730. The lowest BCUT2D eigenvalue weighted by molar-refractivity contribution is -0.138. The first kappa shape index (κ1) is 19.9. The number of ether oxygens (including phenoxy) is 1. The number of hydrogen-bond acceptors (Lipinski definition) is 6. The molecule has 1 aliphatic rings. The maximum absolute atomic E-state index is 13.7. The molecule has 154 valence electrons. The summed E-state index contributed by atoms with van der Waals surface area (Å²) in [5.74, 6) is -0.307. The molecule has 6 nitrogen and oxygen atoms in total. The second-order valence-corrected chi connectivity index (χ2v) is 7.47. The van der Waals surface area contributed by atoms with Crippen molar-refractivity contribution in [1.29, 1.82) is 0 Å². The van der Waals surface area contributed by atoms with Crippen molar-refractivity contribution in [2.75, 3.05) is 7.11 Å². The Kier molecular flexibility index (Phi) is 4.94. The summed E-state index contributed by atoms with van der Waals surface area (Å²) in [6.45, 7) is 0. The summed E-state index contributed by atoms with van der Waals surface area (Å²) in [7, 11) is 1.29. The summed E-state index contributed by atoms with van der Waals surface area (Å²) in [5.41, 5.74) is 0.199. The Morgan fingerprint density at radius 3 is 2.70 bits per heavy atom. The van der Waals surface area contributed by atoms with Gasteiger partial charge in [-0.05, 0) is 40.6 Å². The number of aromatic nitrogens is 1. The summed E-state index contributed by atoms with van der Waals surface area (Å²) in [5, 5.41) is 19.1. The third-order valence-electron chi connectivity index (χ3n) is 4.63. The lowest BCUT2D eigenvalue weighted by Crippen LogP contribution is -2.17. The molecule has 4 rings (SSSR count). The minimum absolute atomic E-state index is 0.0163. The highest BCUT2D eigenvalue weighted by atomic mass is 32.1. The second-order valence-electron chi connectivity index (χ2n) is 6.49. The molecule has 0 unspecified atom stereocenters. The lowest BCUT2D eigenvalue weighted by Gasteiger charge is -2.15. The summed E-state index contributed by atoms with van der Waals surface area (Å²) in [6.07, 6.45) is -3.25. The van der Waals surface area contributed by atoms with E-state index in [1.54, 1.807) is 18.2 Å². The number of nitrogens with one attached hydrogen (secondary N) is 1. The van der Waals surface area contributed by atoms with E-state index < -0.39 is 16.6 Å². The van der Waals surface area contributed by atoms with Crippen LogP contribution in [0.25, 0.3) is 5.57 Å². The average Bonchev–Trinajstić information content (AvgIpc) is 3.30. The van der Waals surface area contributed by atoms with Crippen LogP contribution in [0.3, 0.4) is 0 Å². The highest BCUT2D eigenvalue weighted by Gasteiger charge is 2.34. The number of hydrogen-bond donors (Lipinski definition) is 2. The van der Waals surface area contributed by atoms with Crippen molar-refractivity contribution in [1.82, 2.24) is 4.98 Å². The van der Waals surface area contributed by atoms with E-state index in [9.17, 15) is 23.1 Å². The zero-order valence-corrected chi connectivity index (χ0v) is 16.3. The molecule has 2 aromatic carbocycles. The molecule has 0 bridgehead atoms. The van der Waals surface area contributed by atoms with E-state index in [1.807, 2.05) is 0 Å². The van der Waals surface area contributed by atoms with Crippen LogP contribution in [0.1, 0.15) is 21.6 Å². The van der Waals surface area contributed by atoms with E-state index in [0.717, 1.165) is 17.4 Å². The Morgan fingerprint density at radius 2 is 2.03 bits per heavy atom. The van der Waals surface area contributed by atoms with Crippen LogP contribution >= 0.6 is 11.3 Å². The van der Waals surface area contributed by atoms with Crippen molar-refractivity contribution in [3.05, 3.63) is 78.2 Å². The molecule has 0 spiro atoms. The number of thiazole rings is 1. The van der Waals surface area contributed by atoms with Gasteiger partial charge in [0, 0.05) is 12.0 Å². The molecule has 0 radical (unpaired) electrons. The van der Waals surface area contributed by atoms with Gasteiger partial charge in [-0.3, -0.25) is 9.78 Å². The first-order valence-electron chi connectivity index (χ1n) is 8.67. The van der Waals surface area contributed by atoms with Crippen molar-refractivity contribution in [3.63, 3.8) is 0 Å². The first-order valence-corrected chi connectivity index (χ1v) is 9.49. The zero-order chi connectivity index (χ0) is 21.5. The number of benzene rings is 2. The van der Waals surface area contributed by atoms with Crippen LogP contribution in [-0.4, -0.2) is 23.4 Å². The number of aromatic hydroxyl groups is 1. The van der Waals surface area contributed by atoms with E-state index in [-0.39, 0.29) is 28.5 Å². The van der Waals surface area contributed by atoms with E-state index in [1.165, 1.54) is 25.5 Å². The Labute approximate surface area is 171 Å². The van der Waals surface area contributed by atoms with Gasteiger partial charge in [-0.25, -0.2) is 0 Å². The maximum atomic E-state index is 13.7. The second kappa shape index (κ2) is 7.45. The van der Waals surface area contributed by atoms with Gasteiger partial charge in [-0.15, -0.1) is 0 Å². The normalized spacial score (nSPS) is 13.7. The Hall–Kier alpha value is -3.40. The fourth-order valence-electron chi connectivity index (χ4n) is 3.22. The Morgan fingerprint density at radius 1 is 1.23 bits per heavy atom. The van der Waals surface area contributed by atoms with E-state index in [4.69, 9.17) is 4.74 Å². The van der Waals surface area contributed by atoms with Gasteiger partial charge in [0.15, 0.2) is 0 Å². The third kappa shape index (κ3) is 3.73. The highest BCUT2D eigenvalue weighted by molar-refractivity contribution is 7.10. The minimum Gasteiger partial charge on any atom is -0.497 e. The molecule has 0 saturated carbocycles. The molecule has 2 heterocycles. The Balaban J connectivity index is 1.95. The molecule has 0 atom stereocenters. The number of halogens is 3. The molecule has 10 heteroatoms. The highest BCUT2D eigenvalue weighted by Crippen LogP contribution is 2.37. The summed E-state index contributed by atoms with van der Waals surface area (Å²) in [6, 6.07) is 8.77. The smallest absolute Gasteiger partial charge is 0.416 e. The van der Waals surface area contributed by atoms with E-state index in [0.29, 0.717) is 21.7 Å². The van der Waals surface area contributed by atoms with Crippen LogP contribution in [0.15, 0.2) is 51.4 Å². The van der Waals surface area contributed by atoms with Gasteiger partial charge in [0.2, 0.25) is 5.88 Å². The molecule has 0 fully saturated rings. The van der Waals surface area contributed by atoms with Crippen LogP contribution in [0.4, 0.5) is 13.2 Å². The van der Waals surface area contributed by atoms with Crippen LogP contribution in [0.5, 0.6) is 11.6 Å². The van der Waals surface area contributed by atoms with Crippen molar-refractivity contribution < 1.29 is 23.0 Å². The number of alkyl halides is 3.